The van der Waals surface area contributed by atoms with Crippen molar-refractivity contribution in [3.8, 4) is 0 Å². The zero-order valence-electron chi connectivity index (χ0n) is 12.9. The first-order chi connectivity index (χ1) is 11.5. The summed E-state index contributed by atoms with van der Waals surface area (Å²) in [6.07, 6.45) is 1.79. The van der Waals surface area contributed by atoms with Gasteiger partial charge < -0.3 is 4.57 Å². The maximum Gasteiger partial charge on any atom is 0.281 e. The average Bonchev–Trinajstić information content (AvgIpc) is 2.89. The van der Waals surface area contributed by atoms with E-state index < -0.39 is 5.91 Å². The van der Waals surface area contributed by atoms with Crippen LogP contribution in [0.15, 0.2) is 54.0 Å². The Hall–Kier alpha value is -1.88. The number of aromatic nitrogens is 1. The Morgan fingerprint density at radius 2 is 2.12 bits per heavy atom. The van der Waals surface area contributed by atoms with E-state index in [1.807, 2.05) is 29.7 Å². The van der Waals surface area contributed by atoms with Crippen LogP contribution in [0.3, 0.4) is 0 Å². The molecule has 0 N–H and O–H groups in total. The number of nitrogens with zero attached hydrogens (tertiary/aromatic N) is 2. The number of allylic oxidation sites excluding steroid dienone is 1. The molecule has 0 saturated heterocycles. The molecular weight excluding hydrogens is 363 g/mol. The maximum atomic E-state index is 12.6. The van der Waals surface area contributed by atoms with Crippen LogP contribution in [-0.2, 0) is 6.54 Å². The van der Waals surface area contributed by atoms with Crippen LogP contribution in [0.1, 0.15) is 15.9 Å². The molecule has 2 aromatic carbocycles. The highest BCUT2D eigenvalue weighted by Gasteiger charge is 2.13. The summed E-state index contributed by atoms with van der Waals surface area (Å²) >= 11 is 13.5. The summed E-state index contributed by atoms with van der Waals surface area (Å²) in [7, 11) is 0. The zero-order valence-corrected chi connectivity index (χ0v) is 15.3. The normalized spacial score (nSPS) is 11.9. The van der Waals surface area contributed by atoms with Gasteiger partial charge in [0.15, 0.2) is 4.80 Å². The van der Waals surface area contributed by atoms with Gasteiger partial charge in [-0.3, -0.25) is 4.79 Å². The molecule has 6 heteroatoms. The first kappa shape index (κ1) is 17.0. The topological polar surface area (TPSA) is 34.4 Å². The summed E-state index contributed by atoms with van der Waals surface area (Å²) in [5, 5.41) is 0.782. The van der Waals surface area contributed by atoms with Gasteiger partial charge in [-0.05, 0) is 36.8 Å². The quantitative estimate of drug-likeness (QED) is 0.575. The van der Waals surface area contributed by atoms with Crippen LogP contribution in [0.5, 0.6) is 0 Å². The van der Waals surface area contributed by atoms with E-state index in [1.54, 1.807) is 18.2 Å². The number of halogens is 2. The second kappa shape index (κ2) is 6.93. The number of carbonyl (C=O) groups is 1. The second-order valence-electron chi connectivity index (χ2n) is 5.25. The molecule has 0 bridgehead atoms. The lowest BCUT2D eigenvalue weighted by atomic mass is 10.2. The van der Waals surface area contributed by atoms with Crippen molar-refractivity contribution in [3.63, 3.8) is 0 Å². The van der Waals surface area contributed by atoms with Crippen LogP contribution in [0.2, 0.25) is 10.0 Å². The third-order valence-corrected chi connectivity index (χ3v) is 5.18. The Morgan fingerprint density at radius 1 is 1.33 bits per heavy atom. The van der Waals surface area contributed by atoms with Crippen molar-refractivity contribution in [2.45, 2.75) is 13.5 Å². The van der Waals surface area contributed by atoms with E-state index in [1.165, 1.54) is 17.4 Å². The number of amides is 1. The summed E-state index contributed by atoms with van der Waals surface area (Å²) in [5.41, 5.74) is 2.48. The maximum absolute atomic E-state index is 12.6. The van der Waals surface area contributed by atoms with E-state index in [4.69, 9.17) is 23.2 Å². The summed E-state index contributed by atoms with van der Waals surface area (Å²) in [6, 6.07) is 10.8. The van der Waals surface area contributed by atoms with Gasteiger partial charge in [-0.1, -0.05) is 52.7 Å². The lowest BCUT2D eigenvalue weighted by Gasteiger charge is -2.04. The van der Waals surface area contributed by atoms with Gasteiger partial charge in [-0.15, -0.1) is 6.58 Å². The smallest absolute Gasteiger partial charge is 0.281 e. The van der Waals surface area contributed by atoms with E-state index in [2.05, 4.69) is 11.6 Å². The molecule has 122 valence electrons. The molecule has 0 saturated carbocycles. The van der Waals surface area contributed by atoms with E-state index in [0.717, 1.165) is 15.8 Å². The minimum absolute atomic E-state index is 0.295. The Labute approximate surface area is 153 Å². The number of para-hydroxylation sites is 1. The van der Waals surface area contributed by atoms with Crippen LogP contribution in [-0.4, -0.2) is 10.5 Å². The average molecular weight is 377 g/mol. The minimum atomic E-state index is -0.412. The van der Waals surface area contributed by atoms with Gasteiger partial charge in [-0.2, -0.15) is 4.99 Å². The molecule has 3 aromatic rings. The molecule has 1 aromatic heterocycles. The predicted molar refractivity (Wildman–Crippen MR) is 101 cm³/mol. The van der Waals surface area contributed by atoms with Crippen LogP contribution < -0.4 is 4.80 Å². The number of hydrogen-bond donors (Lipinski definition) is 0. The SMILES string of the molecule is C=CCn1c(=NC(=O)c2cc(Cl)ccc2Cl)sc2cccc(C)c21. The predicted octanol–water partition coefficient (Wildman–Crippen LogP) is 5.25. The fraction of sp³-hybridized carbons (Fsp3) is 0.111. The van der Waals surface area contributed by atoms with Crippen LogP contribution in [0, 0.1) is 6.92 Å². The van der Waals surface area contributed by atoms with Crippen molar-refractivity contribution in [1.29, 1.82) is 0 Å². The fourth-order valence-electron chi connectivity index (χ4n) is 2.50. The van der Waals surface area contributed by atoms with Gasteiger partial charge in [0.2, 0.25) is 0 Å². The third-order valence-electron chi connectivity index (χ3n) is 3.57. The van der Waals surface area contributed by atoms with Crippen LogP contribution in [0.4, 0.5) is 0 Å². The van der Waals surface area contributed by atoms with E-state index >= 15 is 0 Å². The number of thiazole rings is 1. The Morgan fingerprint density at radius 3 is 2.88 bits per heavy atom. The standard InChI is InChI=1S/C18H14Cl2N2OS/c1-3-9-22-16-11(2)5-4-6-15(16)24-18(22)21-17(23)13-10-12(19)7-8-14(13)20/h3-8,10H,1,9H2,2H3. The number of hydrogen-bond acceptors (Lipinski definition) is 2. The molecule has 0 aliphatic rings. The van der Waals surface area contributed by atoms with E-state index in [9.17, 15) is 4.79 Å². The zero-order chi connectivity index (χ0) is 17.3. The molecule has 0 atom stereocenters. The minimum Gasteiger partial charge on any atom is -0.312 e. The largest absolute Gasteiger partial charge is 0.312 e. The van der Waals surface area contributed by atoms with Crippen molar-refractivity contribution < 1.29 is 4.79 Å². The monoisotopic (exact) mass is 376 g/mol. The molecule has 0 radical (unpaired) electrons. The number of benzene rings is 2. The number of carbonyl (C=O) groups excluding carboxylic acids is 1. The lowest BCUT2D eigenvalue weighted by Crippen LogP contribution is -2.16. The highest BCUT2D eigenvalue weighted by molar-refractivity contribution is 7.16. The molecule has 0 unspecified atom stereocenters. The van der Waals surface area contributed by atoms with Gasteiger partial charge in [0.05, 0.1) is 20.8 Å². The molecule has 3 rings (SSSR count). The Kier molecular flexibility index (Phi) is 4.90. The summed E-state index contributed by atoms with van der Waals surface area (Å²) in [4.78, 5) is 17.5. The molecule has 1 heterocycles. The van der Waals surface area contributed by atoms with Gasteiger partial charge in [0.25, 0.3) is 5.91 Å². The summed E-state index contributed by atoms with van der Waals surface area (Å²) in [5.74, 6) is -0.412. The van der Waals surface area contributed by atoms with Gasteiger partial charge in [0, 0.05) is 11.6 Å². The van der Waals surface area contributed by atoms with E-state index in [-0.39, 0.29) is 0 Å². The number of aryl methyl sites for hydroxylation is 1. The van der Waals surface area contributed by atoms with Gasteiger partial charge in [-0.25, -0.2) is 0 Å². The highest BCUT2D eigenvalue weighted by Crippen LogP contribution is 2.23. The number of fused-ring (bicyclic) bond motifs is 1. The molecular formula is C18H14Cl2N2OS. The second-order valence-corrected chi connectivity index (χ2v) is 7.10. The summed E-state index contributed by atoms with van der Waals surface area (Å²) < 4.78 is 3.05. The highest BCUT2D eigenvalue weighted by atomic mass is 35.5. The first-order valence-electron chi connectivity index (χ1n) is 7.25. The molecule has 3 nitrogen and oxygen atoms in total. The molecule has 0 fully saturated rings. The van der Waals surface area contributed by atoms with Crippen LogP contribution >= 0.6 is 34.5 Å². The van der Waals surface area contributed by atoms with Crippen molar-refractivity contribution in [2.75, 3.05) is 0 Å². The molecule has 0 aliphatic carbocycles. The Bertz CT molecular complexity index is 1020. The molecule has 0 spiro atoms. The van der Waals surface area contributed by atoms with Crippen molar-refractivity contribution in [3.05, 3.63) is 75.0 Å². The van der Waals surface area contributed by atoms with E-state index in [0.29, 0.717) is 27.0 Å². The van der Waals surface area contributed by atoms with Crippen LogP contribution in [0.25, 0.3) is 10.2 Å². The fourth-order valence-corrected chi connectivity index (χ4v) is 3.99. The molecule has 24 heavy (non-hydrogen) atoms. The third kappa shape index (κ3) is 3.18. The lowest BCUT2D eigenvalue weighted by molar-refractivity contribution is 0.0998. The van der Waals surface area contributed by atoms with Gasteiger partial charge in [0.1, 0.15) is 0 Å². The van der Waals surface area contributed by atoms with Crippen molar-refractivity contribution in [1.82, 2.24) is 4.57 Å². The van der Waals surface area contributed by atoms with Gasteiger partial charge >= 0.3 is 0 Å². The van der Waals surface area contributed by atoms with Crippen molar-refractivity contribution in [2.24, 2.45) is 4.99 Å². The Balaban J connectivity index is 2.21. The van der Waals surface area contributed by atoms with Crippen molar-refractivity contribution >= 4 is 50.7 Å². The molecule has 1 amide bonds. The number of rotatable bonds is 3. The summed E-state index contributed by atoms with van der Waals surface area (Å²) in [6.45, 7) is 6.40. The molecule has 0 aliphatic heterocycles. The first-order valence-corrected chi connectivity index (χ1v) is 8.82.